The van der Waals surface area contributed by atoms with Crippen LogP contribution in [-0.4, -0.2) is 5.38 Å². The summed E-state index contributed by atoms with van der Waals surface area (Å²) < 4.78 is 25.7. The molecule has 0 aliphatic heterocycles. The van der Waals surface area contributed by atoms with Crippen molar-refractivity contribution in [2.75, 3.05) is 0 Å². The van der Waals surface area contributed by atoms with E-state index in [4.69, 9.17) is 11.6 Å². The van der Waals surface area contributed by atoms with Gasteiger partial charge in [-0.25, -0.2) is 8.78 Å². The van der Waals surface area contributed by atoms with Crippen LogP contribution in [0.3, 0.4) is 0 Å². The molecule has 0 saturated heterocycles. The second-order valence-corrected chi connectivity index (χ2v) is 5.06. The van der Waals surface area contributed by atoms with Crippen molar-refractivity contribution < 1.29 is 8.78 Å². The minimum Gasteiger partial charge on any atom is -0.204 e. The lowest BCUT2D eigenvalue weighted by atomic mass is 9.93. The first-order valence-corrected chi connectivity index (χ1v) is 5.55. The van der Waals surface area contributed by atoms with Crippen molar-refractivity contribution in [3.63, 3.8) is 0 Å². The van der Waals surface area contributed by atoms with E-state index in [0.717, 1.165) is 24.8 Å². The normalized spacial score (nSPS) is 20.0. The van der Waals surface area contributed by atoms with Gasteiger partial charge in [-0.15, -0.1) is 11.6 Å². The van der Waals surface area contributed by atoms with Crippen LogP contribution in [0.1, 0.15) is 25.3 Å². The third-order valence-corrected chi connectivity index (χ3v) is 3.74. The van der Waals surface area contributed by atoms with Crippen molar-refractivity contribution in [3.8, 4) is 0 Å². The van der Waals surface area contributed by atoms with E-state index in [-0.39, 0.29) is 10.8 Å². The Labute approximate surface area is 93.2 Å². The summed E-state index contributed by atoms with van der Waals surface area (Å²) in [5, 5.41) is 0.0885. The molecule has 0 heterocycles. The molecule has 0 aromatic heterocycles. The largest absolute Gasteiger partial charge is 0.204 e. The monoisotopic (exact) mass is 230 g/mol. The van der Waals surface area contributed by atoms with Crippen LogP contribution < -0.4 is 0 Å². The van der Waals surface area contributed by atoms with Gasteiger partial charge in [0.05, 0.1) is 0 Å². The SMILES string of the molecule is CC(Cl)C1(Cc2ccc(F)c(F)c2)CC1. The number of halogens is 3. The van der Waals surface area contributed by atoms with Crippen LogP contribution in [0.25, 0.3) is 0 Å². The topological polar surface area (TPSA) is 0 Å². The summed E-state index contributed by atoms with van der Waals surface area (Å²) in [7, 11) is 0. The molecule has 0 amide bonds. The minimum atomic E-state index is -0.789. The molecule has 3 heteroatoms. The summed E-state index contributed by atoms with van der Waals surface area (Å²) in [6.07, 6.45) is 2.90. The molecule has 1 unspecified atom stereocenters. The van der Waals surface area contributed by atoms with Crippen LogP contribution in [0.4, 0.5) is 8.78 Å². The smallest absolute Gasteiger partial charge is 0.159 e. The van der Waals surface area contributed by atoms with E-state index in [1.807, 2.05) is 6.92 Å². The van der Waals surface area contributed by atoms with Crippen molar-refractivity contribution in [1.82, 2.24) is 0 Å². The average Bonchev–Trinajstić information content (AvgIpc) is 2.93. The Morgan fingerprint density at radius 3 is 2.47 bits per heavy atom. The van der Waals surface area contributed by atoms with E-state index >= 15 is 0 Å². The van der Waals surface area contributed by atoms with Gasteiger partial charge in [-0.1, -0.05) is 6.07 Å². The van der Waals surface area contributed by atoms with Gasteiger partial charge >= 0.3 is 0 Å². The van der Waals surface area contributed by atoms with E-state index in [1.165, 1.54) is 12.1 Å². The summed E-state index contributed by atoms with van der Waals surface area (Å²) in [5.74, 6) is -1.56. The fourth-order valence-corrected chi connectivity index (χ4v) is 2.23. The molecular formula is C12H13ClF2. The second-order valence-electron chi connectivity index (χ2n) is 4.40. The van der Waals surface area contributed by atoms with E-state index in [1.54, 1.807) is 6.07 Å². The molecule has 0 bridgehead atoms. The highest BCUT2D eigenvalue weighted by molar-refractivity contribution is 6.21. The molecule has 1 saturated carbocycles. The van der Waals surface area contributed by atoms with Crippen LogP contribution in [0.15, 0.2) is 18.2 Å². The molecule has 1 fully saturated rings. The zero-order chi connectivity index (χ0) is 11.1. The molecule has 1 aromatic rings. The molecule has 1 aliphatic rings. The molecule has 1 atom stereocenters. The third-order valence-electron chi connectivity index (χ3n) is 3.28. The highest BCUT2D eigenvalue weighted by Crippen LogP contribution is 2.53. The number of rotatable bonds is 3. The number of hydrogen-bond acceptors (Lipinski definition) is 0. The molecule has 0 nitrogen and oxygen atoms in total. The maximum Gasteiger partial charge on any atom is 0.159 e. The Morgan fingerprint density at radius 2 is 2.00 bits per heavy atom. The van der Waals surface area contributed by atoms with Gasteiger partial charge < -0.3 is 0 Å². The van der Waals surface area contributed by atoms with Crippen LogP contribution in [0, 0.1) is 17.0 Å². The predicted octanol–water partition coefficient (Wildman–Crippen LogP) is 3.91. The molecule has 1 aliphatic carbocycles. The van der Waals surface area contributed by atoms with Crippen LogP contribution in [-0.2, 0) is 6.42 Å². The third kappa shape index (κ3) is 2.15. The molecule has 1 aromatic carbocycles. The minimum absolute atomic E-state index is 0.0885. The van der Waals surface area contributed by atoms with Gasteiger partial charge in [0.2, 0.25) is 0 Å². The molecular weight excluding hydrogens is 218 g/mol. The van der Waals surface area contributed by atoms with Crippen molar-refractivity contribution >= 4 is 11.6 Å². The maximum absolute atomic E-state index is 13.0. The standard InChI is InChI=1S/C12H13ClF2/c1-8(13)12(4-5-12)7-9-2-3-10(14)11(15)6-9/h2-3,6,8H,4-5,7H2,1H3. The quantitative estimate of drug-likeness (QED) is 0.691. The van der Waals surface area contributed by atoms with Crippen molar-refractivity contribution in [2.45, 2.75) is 31.6 Å². The first-order chi connectivity index (χ1) is 7.03. The van der Waals surface area contributed by atoms with Gasteiger partial charge in [0.15, 0.2) is 11.6 Å². The molecule has 15 heavy (non-hydrogen) atoms. The fourth-order valence-electron chi connectivity index (χ4n) is 1.93. The van der Waals surface area contributed by atoms with Crippen LogP contribution in [0.5, 0.6) is 0 Å². The summed E-state index contributed by atoms with van der Waals surface area (Å²) >= 11 is 6.09. The Morgan fingerprint density at radius 1 is 1.33 bits per heavy atom. The van der Waals surface area contributed by atoms with E-state index in [0.29, 0.717) is 0 Å². The van der Waals surface area contributed by atoms with Gasteiger partial charge in [0.25, 0.3) is 0 Å². The van der Waals surface area contributed by atoms with Crippen molar-refractivity contribution in [1.29, 1.82) is 0 Å². The van der Waals surface area contributed by atoms with Gasteiger partial charge in [-0.05, 0) is 49.3 Å². The lowest BCUT2D eigenvalue weighted by molar-refractivity contribution is 0.483. The lowest BCUT2D eigenvalue weighted by Gasteiger charge is -2.17. The second kappa shape index (κ2) is 3.75. The van der Waals surface area contributed by atoms with Crippen LogP contribution >= 0.6 is 11.6 Å². The Hall–Kier alpha value is -0.630. The van der Waals surface area contributed by atoms with E-state index < -0.39 is 11.6 Å². The van der Waals surface area contributed by atoms with E-state index in [9.17, 15) is 8.78 Å². The Kier molecular flexibility index (Phi) is 2.72. The van der Waals surface area contributed by atoms with Crippen LogP contribution in [0.2, 0.25) is 0 Å². The average molecular weight is 231 g/mol. The molecule has 0 N–H and O–H groups in total. The highest BCUT2D eigenvalue weighted by atomic mass is 35.5. The highest BCUT2D eigenvalue weighted by Gasteiger charge is 2.46. The van der Waals surface area contributed by atoms with Crippen molar-refractivity contribution in [3.05, 3.63) is 35.4 Å². The van der Waals surface area contributed by atoms with Gasteiger partial charge in [-0.3, -0.25) is 0 Å². The fraction of sp³-hybridized carbons (Fsp3) is 0.500. The van der Waals surface area contributed by atoms with Crippen molar-refractivity contribution in [2.24, 2.45) is 5.41 Å². The predicted molar refractivity (Wildman–Crippen MR) is 57.0 cm³/mol. The summed E-state index contributed by atoms with van der Waals surface area (Å²) in [5.41, 5.74) is 0.949. The first-order valence-electron chi connectivity index (χ1n) is 5.11. The van der Waals surface area contributed by atoms with Gasteiger partial charge in [0.1, 0.15) is 0 Å². The first kappa shape index (κ1) is 10.9. The summed E-state index contributed by atoms with van der Waals surface area (Å²) in [6, 6.07) is 4.09. The number of alkyl halides is 1. The number of benzene rings is 1. The molecule has 82 valence electrons. The van der Waals surface area contributed by atoms with Gasteiger partial charge in [0, 0.05) is 5.38 Å². The molecule has 0 spiro atoms. The molecule has 2 rings (SSSR count). The molecule has 0 radical (unpaired) electrons. The van der Waals surface area contributed by atoms with E-state index in [2.05, 4.69) is 0 Å². The number of hydrogen-bond donors (Lipinski definition) is 0. The Bertz CT molecular complexity index is 370. The maximum atomic E-state index is 13.0. The zero-order valence-electron chi connectivity index (χ0n) is 8.56. The van der Waals surface area contributed by atoms with Gasteiger partial charge in [-0.2, -0.15) is 0 Å². The Balaban J connectivity index is 2.15. The lowest BCUT2D eigenvalue weighted by Crippen LogP contribution is -2.15. The summed E-state index contributed by atoms with van der Waals surface area (Å²) in [4.78, 5) is 0. The zero-order valence-corrected chi connectivity index (χ0v) is 9.32. The summed E-state index contributed by atoms with van der Waals surface area (Å²) in [6.45, 7) is 1.97.